The third-order valence-corrected chi connectivity index (χ3v) is 2.85. The van der Waals surface area contributed by atoms with E-state index in [0.717, 1.165) is 44.1 Å². The van der Waals surface area contributed by atoms with Crippen LogP contribution in [0.4, 0.5) is 5.82 Å². The van der Waals surface area contributed by atoms with Crippen LogP contribution < -0.4 is 10.2 Å². The van der Waals surface area contributed by atoms with E-state index in [0.29, 0.717) is 0 Å². The maximum Gasteiger partial charge on any atom is 0.147 e. The van der Waals surface area contributed by atoms with Gasteiger partial charge in [0.05, 0.1) is 18.1 Å². The van der Waals surface area contributed by atoms with E-state index in [1.165, 1.54) is 12.8 Å². The molecule has 0 aliphatic carbocycles. The van der Waals surface area contributed by atoms with Crippen molar-refractivity contribution in [3.63, 3.8) is 0 Å². The van der Waals surface area contributed by atoms with E-state index in [-0.39, 0.29) is 0 Å². The summed E-state index contributed by atoms with van der Waals surface area (Å²) < 4.78 is 0. The third-order valence-electron chi connectivity index (χ3n) is 2.85. The van der Waals surface area contributed by atoms with Crippen LogP contribution in [-0.2, 0) is 6.54 Å². The first kappa shape index (κ1) is 11.3. The zero-order valence-electron chi connectivity index (χ0n) is 9.95. The highest BCUT2D eigenvalue weighted by Crippen LogP contribution is 2.15. The summed E-state index contributed by atoms with van der Waals surface area (Å²) in [6, 6.07) is 0. The van der Waals surface area contributed by atoms with Crippen LogP contribution in [0.15, 0.2) is 12.4 Å². The molecule has 1 aliphatic heterocycles. The van der Waals surface area contributed by atoms with Crippen molar-refractivity contribution in [2.75, 3.05) is 24.5 Å². The molecule has 0 bridgehead atoms. The minimum absolute atomic E-state index is 0.821. The highest BCUT2D eigenvalue weighted by Gasteiger charge is 2.13. The Hall–Kier alpha value is -1.16. The summed E-state index contributed by atoms with van der Waals surface area (Å²) in [5.74, 6) is 1.02. The van der Waals surface area contributed by atoms with Gasteiger partial charge in [-0.25, -0.2) is 4.98 Å². The molecule has 88 valence electrons. The summed E-state index contributed by atoms with van der Waals surface area (Å²) in [6.07, 6.45) is 7.49. The molecule has 1 N–H and O–H groups in total. The Labute approximate surface area is 97.1 Å². The molecule has 0 radical (unpaired) electrons. The monoisotopic (exact) mass is 220 g/mol. The van der Waals surface area contributed by atoms with Gasteiger partial charge < -0.3 is 10.2 Å². The maximum atomic E-state index is 4.46. The number of rotatable bonds is 5. The Morgan fingerprint density at radius 3 is 2.69 bits per heavy atom. The van der Waals surface area contributed by atoms with Gasteiger partial charge in [-0.2, -0.15) is 0 Å². The highest BCUT2D eigenvalue weighted by molar-refractivity contribution is 5.36. The van der Waals surface area contributed by atoms with Gasteiger partial charge in [0.25, 0.3) is 0 Å². The summed E-state index contributed by atoms with van der Waals surface area (Å²) in [4.78, 5) is 11.2. The van der Waals surface area contributed by atoms with Crippen molar-refractivity contribution in [2.45, 2.75) is 32.7 Å². The third kappa shape index (κ3) is 2.92. The molecule has 1 saturated heterocycles. The fourth-order valence-electron chi connectivity index (χ4n) is 1.94. The zero-order valence-corrected chi connectivity index (χ0v) is 9.95. The molecule has 0 unspecified atom stereocenters. The van der Waals surface area contributed by atoms with Crippen molar-refractivity contribution in [3.05, 3.63) is 18.1 Å². The summed E-state index contributed by atoms with van der Waals surface area (Å²) in [7, 11) is 0. The lowest BCUT2D eigenvalue weighted by Crippen LogP contribution is -2.20. The molecule has 16 heavy (non-hydrogen) atoms. The van der Waals surface area contributed by atoms with Crippen LogP contribution in [0, 0.1) is 0 Å². The fraction of sp³-hybridized carbons (Fsp3) is 0.667. The Balaban J connectivity index is 1.88. The number of aromatic nitrogens is 2. The van der Waals surface area contributed by atoms with Gasteiger partial charge in [0.2, 0.25) is 0 Å². The van der Waals surface area contributed by atoms with Crippen molar-refractivity contribution in [1.82, 2.24) is 15.3 Å². The lowest BCUT2D eigenvalue weighted by Gasteiger charge is -2.15. The van der Waals surface area contributed by atoms with Crippen molar-refractivity contribution in [1.29, 1.82) is 0 Å². The van der Waals surface area contributed by atoms with E-state index < -0.39 is 0 Å². The normalized spacial score (nSPS) is 15.7. The van der Waals surface area contributed by atoms with Gasteiger partial charge >= 0.3 is 0 Å². The Morgan fingerprint density at radius 2 is 2.06 bits per heavy atom. The van der Waals surface area contributed by atoms with Gasteiger partial charge in [0.15, 0.2) is 0 Å². The molecule has 0 atom stereocenters. The van der Waals surface area contributed by atoms with E-state index in [2.05, 4.69) is 27.1 Å². The number of nitrogens with zero attached hydrogens (tertiary/aromatic N) is 3. The molecule has 4 nitrogen and oxygen atoms in total. The number of hydrogen-bond acceptors (Lipinski definition) is 4. The van der Waals surface area contributed by atoms with Crippen LogP contribution in [0.1, 0.15) is 31.9 Å². The van der Waals surface area contributed by atoms with Crippen LogP contribution in [0.5, 0.6) is 0 Å². The van der Waals surface area contributed by atoms with Gasteiger partial charge in [-0.05, 0) is 25.8 Å². The summed E-state index contributed by atoms with van der Waals surface area (Å²) >= 11 is 0. The topological polar surface area (TPSA) is 41.1 Å². The molecule has 1 aromatic rings. The molecule has 0 saturated carbocycles. The molecular formula is C12H20N4. The maximum absolute atomic E-state index is 4.46. The largest absolute Gasteiger partial charge is 0.355 e. The minimum atomic E-state index is 0.821. The van der Waals surface area contributed by atoms with Crippen LogP contribution >= 0.6 is 0 Å². The fourth-order valence-corrected chi connectivity index (χ4v) is 1.94. The lowest BCUT2D eigenvalue weighted by atomic mass is 10.4. The molecule has 2 heterocycles. The van der Waals surface area contributed by atoms with Gasteiger partial charge in [0, 0.05) is 19.6 Å². The molecule has 1 aliphatic rings. The van der Waals surface area contributed by atoms with E-state index in [1.807, 2.05) is 12.4 Å². The van der Waals surface area contributed by atoms with Crippen molar-refractivity contribution in [3.8, 4) is 0 Å². The SMILES string of the molecule is CCCNCc1cnc(N2CCCC2)cn1. The number of hydrogen-bond donors (Lipinski definition) is 1. The Kier molecular flexibility index (Phi) is 4.10. The molecule has 1 fully saturated rings. The van der Waals surface area contributed by atoms with Gasteiger partial charge in [-0.1, -0.05) is 6.92 Å². The molecule has 2 rings (SSSR count). The molecule has 0 aromatic carbocycles. The molecule has 0 spiro atoms. The molecule has 1 aromatic heterocycles. The predicted octanol–water partition coefficient (Wildman–Crippen LogP) is 1.58. The lowest BCUT2D eigenvalue weighted by molar-refractivity contribution is 0.661. The van der Waals surface area contributed by atoms with Crippen LogP contribution in [0.3, 0.4) is 0 Å². The highest BCUT2D eigenvalue weighted by atomic mass is 15.2. The number of nitrogens with one attached hydrogen (secondary N) is 1. The van der Waals surface area contributed by atoms with Gasteiger partial charge in [0.1, 0.15) is 5.82 Å². The summed E-state index contributed by atoms with van der Waals surface area (Å²) in [5.41, 5.74) is 1.02. The minimum Gasteiger partial charge on any atom is -0.355 e. The molecular weight excluding hydrogens is 200 g/mol. The first-order chi connectivity index (χ1) is 7.90. The summed E-state index contributed by atoms with van der Waals surface area (Å²) in [6.45, 7) is 6.27. The zero-order chi connectivity index (χ0) is 11.2. The second kappa shape index (κ2) is 5.80. The molecule has 0 amide bonds. The average Bonchev–Trinajstić information content (AvgIpc) is 2.84. The van der Waals surface area contributed by atoms with Crippen molar-refractivity contribution in [2.24, 2.45) is 0 Å². The van der Waals surface area contributed by atoms with Crippen molar-refractivity contribution < 1.29 is 0 Å². The predicted molar refractivity (Wildman–Crippen MR) is 65.5 cm³/mol. The first-order valence-corrected chi connectivity index (χ1v) is 6.16. The smallest absolute Gasteiger partial charge is 0.147 e. The molecule has 4 heteroatoms. The Bertz CT molecular complexity index is 303. The van der Waals surface area contributed by atoms with Gasteiger partial charge in [-0.15, -0.1) is 0 Å². The van der Waals surface area contributed by atoms with Crippen molar-refractivity contribution >= 4 is 5.82 Å². The van der Waals surface area contributed by atoms with E-state index in [1.54, 1.807) is 0 Å². The van der Waals surface area contributed by atoms with Crippen LogP contribution in [-0.4, -0.2) is 29.6 Å². The average molecular weight is 220 g/mol. The van der Waals surface area contributed by atoms with E-state index in [9.17, 15) is 0 Å². The van der Waals surface area contributed by atoms with Crippen LogP contribution in [0.25, 0.3) is 0 Å². The van der Waals surface area contributed by atoms with E-state index >= 15 is 0 Å². The van der Waals surface area contributed by atoms with Crippen LogP contribution in [0.2, 0.25) is 0 Å². The quantitative estimate of drug-likeness (QED) is 0.765. The summed E-state index contributed by atoms with van der Waals surface area (Å²) in [5, 5.41) is 3.32. The second-order valence-electron chi connectivity index (χ2n) is 4.24. The first-order valence-electron chi connectivity index (χ1n) is 6.16. The Morgan fingerprint density at radius 1 is 1.25 bits per heavy atom. The standard InChI is InChI=1S/C12H20N4/c1-2-5-13-8-11-9-15-12(10-14-11)16-6-3-4-7-16/h9-10,13H,2-8H2,1H3. The number of anilines is 1. The van der Waals surface area contributed by atoms with Gasteiger partial charge in [-0.3, -0.25) is 4.98 Å². The second-order valence-corrected chi connectivity index (χ2v) is 4.24. The van der Waals surface area contributed by atoms with E-state index in [4.69, 9.17) is 0 Å².